The van der Waals surface area contributed by atoms with E-state index in [1.54, 1.807) is 0 Å². The van der Waals surface area contributed by atoms with Gasteiger partial charge >= 0.3 is 0 Å². The number of piperidine rings is 1. The molecule has 1 saturated heterocycles. The summed E-state index contributed by atoms with van der Waals surface area (Å²) >= 11 is 0. The maximum absolute atomic E-state index is 5.74. The van der Waals surface area contributed by atoms with Gasteiger partial charge in [-0.2, -0.15) is 0 Å². The van der Waals surface area contributed by atoms with Crippen molar-refractivity contribution in [3.8, 4) is 5.75 Å². The van der Waals surface area contributed by atoms with Crippen LogP contribution in [0.4, 0.5) is 0 Å². The fourth-order valence-electron chi connectivity index (χ4n) is 2.49. The quantitative estimate of drug-likeness (QED) is 0.844. The standard InChI is InChI=1S/C14H21NO/c1-3-16-13-7-5-4-6-12(13)14(2)8-10-15-11-9-14/h4-7,15H,3,8-11H2,1-2H3. The first kappa shape index (κ1) is 11.5. The maximum Gasteiger partial charge on any atom is 0.123 e. The summed E-state index contributed by atoms with van der Waals surface area (Å²) in [5, 5.41) is 3.42. The molecule has 1 fully saturated rings. The molecule has 1 aliphatic rings. The van der Waals surface area contributed by atoms with Gasteiger partial charge < -0.3 is 10.1 Å². The Hall–Kier alpha value is -1.02. The molecule has 16 heavy (non-hydrogen) atoms. The summed E-state index contributed by atoms with van der Waals surface area (Å²) in [6, 6.07) is 8.48. The molecule has 1 aliphatic heterocycles. The molecule has 0 bridgehead atoms. The van der Waals surface area contributed by atoms with Crippen LogP contribution in [0.25, 0.3) is 0 Å². The fraction of sp³-hybridized carbons (Fsp3) is 0.571. The van der Waals surface area contributed by atoms with Crippen LogP contribution in [0.1, 0.15) is 32.3 Å². The lowest BCUT2D eigenvalue weighted by Crippen LogP contribution is -2.37. The van der Waals surface area contributed by atoms with Crippen LogP contribution in [0.2, 0.25) is 0 Å². The minimum Gasteiger partial charge on any atom is -0.494 e. The van der Waals surface area contributed by atoms with Crippen molar-refractivity contribution < 1.29 is 4.74 Å². The van der Waals surface area contributed by atoms with E-state index in [9.17, 15) is 0 Å². The highest BCUT2D eigenvalue weighted by atomic mass is 16.5. The third kappa shape index (κ3) is 2.22. The van der Waals surface area contributed by atoms with E-state index in [0.29, 0.717) is 0 Å². The van der Waals surface area contributed by atoms with Crippen LogP contribution >= 0.6 is 0 Å². The van der Waals surface area contributed by atoms with Gasteiger partial charge in [-0.1, -0.05) is 25.1 Å². The molecule has 1 aromatic carbocycles. The monoisotopic (exact) mass is 219 g/mol. The number of rotatable bonds is 3. The normalized spacial score (nSPS) is 19.4. The first-order chi connectivity index (χ1) is 7.76. The number of ether oxygens (including phenoxy) is 1. The molecule has 1 N–H and O–H groups in total. The second-order valence-corrected chi connectivity index (χ2v) is 4.74. The van der Waals surface area contributed by atoms with Gasteiger partial charge in [0.25, 0.3) is 0 Å². The van der Waals surface area contributed by atoms with Crippen molar-refractivity contribution in [2.24, 2.45) is 0 Å². The van der Waals surface area contributed by atoms with Crippen molar-refractivity contribution in [3.63, 3.8) is 0 Å². The molecule has 2 rings (SSSR count). The van der Waals surface area contributed by atoms with E-state index in [2.05, 4.69) is 36.5 Å². The predicted molar refractivity (Wildman–Crippen MR) is 67.1 cm³/mol. The van der Waals surface area contributed by atoms with Crippen molar-refractivity contribution in [1.82, 2.24) is 5.32 Å². The van der Waals surface area contributed by atoms with E-state index >= 15 is 0 Å². The zero-order valence-corrected chi connectivity index (χ0v) is 10.3. The van der Waals surface area contributed by atoms with Crippen molar-refractivity contribution >= 4 is 0 Å². The molecular formula is C14H21NO. The third-order valence-corrected chi connectivity index (χ3v) is 3.54. The van der Waals surface area contributed by atoms with Gasteiger partial charge in [0.05, 0.1) is 6.61 Å². The molecule has 2 nitrogen and oxygen atoms in total. The lowest BCUT2D eigenvalue weighted by Gasteiger charge is -2.35. The minimum absolute atomic E-state index is 0.275. The molecule has 0 spiro atoms. The second kappa shape index (κ2) is 4.88. The average Bonchev–Trinajstić information content (AvgIpc) is 2.31. The maximum atomic E-state index is 5.74. The highest BCUT2D eigenvalue weighted by Gasteiger charge is 2.31. The van der Waals surface area contributed by atoms with Crippen molar-refractivity contribution in [2.45, 2.75) is 32.1 Å². The summed E-state index contributed by atoms with van der Waals surface area (Å²) in [7, 11) is 0. The summed E-state index contributed by atoms with van der Waals surface area (Å²) < 4.78 is 5.74. The van der Waals surface area contributed by atoms with Crippen LogP contribution in [0.5, 0.6) is 5.75 Å². The Labute approximate surface area is 98.0 Å². The fourth-order valence-corrected chi connectivity index (χ4v) is 2.49. The van der Waals surface area contributed by atoms with E-state index < -0.39 is 0 Å². The van der Waals surface area contributed by atoms with Crippen LogP contribution < -0.4 is 10.1 Å². The van der Waals surface area contributed by atoms with Crippen LogP contribution in [0.3, 0.4) is 0 Å². The number of para-hydroxylation sites is 1. The van der Waals surface area contributed by atoms with Gasteiger partial charge in [0.2, 0.25) is 0 Å². The van der Waals surface area contributed by atoms with E-state index in [-0.39, 0.29) is 5.41 Å². The van der Waals surface area contributed by atoms with Gasteiger partial charge in [0.15, 0.2) is 0 Å². The highest BCUT2D eigenvalue weighted by Crippen LogP contribution is 2.38. The van der Waals surface area contributed by atoms with Gasteiger partial charge in [0.1, 0.15) is 5.75 Å². The molecule has 88 valence electrons. The Bertz CT molecular complexity index is 342. The van der Waals surface area contributed by atoms with Crippen LogP contribution in [0.15, 0.2) is 24.3 Å². The smallest absolute Gasteiger partial charge is 0.123 e. The van der Waals surface area contributed by atoms with Gasteiger partial charge in [-0.15, -0.1) is 0 Å². The Morgan fingerprint density at radius 1 is 1.25 bits per heavy atom. The molecule has 1 aromatic rings. The van der Waals surface area contributed by atoms with Gasteiger partial charge in [0, 0.05) is 5.56 Å². The molecular weight excluding hydrogens is 198 g/mol. The van der Waals surface area contributed by atoms with Crippen molar-refractivity contribution in [1.29, 1.82) is 0 Å². The Balaban J connectivity index is 2.30. The molecule has 0 aliphatic carbocycles. The third-order valence-electron chi connectivity index (χ3n) is 3.54. The topological polar surface area (TPSA) is 21.3 Å². The number of nitrogens with one attached hydrogen (secondary N) is 1. The number of hydrogen-bond donors (Lipinski definition) is 1. The largest absolute Gasteiger partial charge is 0.494 e. The molecule has 2 heteroatoms. The van der Waals surface area contributed by atoms with Crippen LogP contribution in [-0.4, -0.2) is 19.7 Å². The summed E-state index contributed by atoms with van der Waals surface area (Å²) in [5.41, 5.74) is 1.65. The van der Waals surface area contributed by atoms with Gasteiger partial charge in [-0.3, -0.25) is 0 Å². The van der Waals surface area contributed by atoms with Crippen molar-refractivity contribution in [2.75, 3.05) is 19.7 Å². The summed E-state index contributed by atoms with van der Waals surface area (Å²) in [6.45, 7) is 7.35. The predicted octanol–water partition coefficient (Wildman–Crippen LogP) is 2.73. The van der Waals surface area contributed by atoms with E-state index in [1.807, 2.05) is 6.92 Å². The Morgan fingerprint density at radius 3 is 2.62 bits per heavy atom. The lowest BCUT2D eigenvalue weighted by molar-refractivity contribution is 0.297. The second-order valence-electron chi connectivity index (χ2n) is 4.74. The van der Waals surface area contributed by atoms with E-state index in [4.69, 9.17) is 4.74 Å². The average molecular weight is 219 g/mol. The van der Waals surface area contributed by atoms with E-state index in [0.717, 1.165) is 25.4 Å². The van der Waals surface area contributed by atoms with Crippen LogP contribution in [-0.2, 0) is 5.41 Å². The number of benzene rings is 1. The molecule has 0 unspecified atom stereocenters. The van der Waals surface area contributed by atoms with E-state index in [1.165, 1.54) is 18.4 Å². The van der Waals surface area contributed by atoms with Gasteiger partial charge in [-0.25, -0.2) is 0 Å². The number of hydrogen-bond acceptors (Lipinski definition) is 2. The summed E-state index contributed by atoms with van der Waals surface area (Å²) in [5.74, 6) is 1.06. The van der Waals surface area contributed by atoms with Crippen LogP contribution in [0, 0.1) is 0 Å². The summed E-state index contributed by atoms with van der Waals surface area (Å²) in [6.07, 6.45) is 2.38. The van der Waals surface area contributed by atoms with Crippen molar-refractivity contribution in [3.05, 3.63) is 29.8 Å². The highest BCUT2D eigenvalue weighted by molar-refractivity contribution is 5.39. The Morgan fingerprint density at radius 2 is 1.94 bits per heavy atom. The zero-order valence-electron chi connectivity index (χ0n) is 10.3. The molecule has 0 atom stereocenters. The van der Waals surface area contributed by atoms with Gasteiger partial charge in [-0.05, 0) is 44.3 Å². The minimum atomic E-state index is 0.275. The molecule has 0 aromatic heterocycles. The molecule has 0 amide bonds. The molecule has 0 saturated carbocycles. The molecule has 0 radical (unpaired) electrons. The lowest BCUT2D eigenvalue weighted by atomic mass is 9.74. The summed E-state index contributed by atoms with van der Waals surface area (Å²) in [4.78, 5) is 0. The first-order valence-corrected chi connectivity index (χ1v) is 6.19. The zero-order chi connectivity index (χ0) is 11.4. The Kier molecular flexibility index (Phi) is 3.49. The SMILES string of the molecule is CCOc1ccccc1C1(C)CCNCC1. The first-order valence-electron chi connectivity index (χ1n) is 6.19. The molecule has 1 heterocycles.